The second kappa shape index (κ2) is 11.8. The van der Waals surface area contributed by atoms with E-state index in [0.29, 0.717) is 9.92 Å². The Morgan fingerprint density at radius 1 is 1.14 bits per heavy atom. The van der Waals surface area contributed by atoms with Crippen LogP contribution < -0.4 is 0 Å². The smallest absolute Gasteiger partial charge is 0.338 e. The number of nitrogens with zero attached hydrogens (tertiary/aromatic N) is 2. The van der Waals surface area contributed by atoms with Crippen LogP contribution in [0.15, 0.2) is 23.1 Å². The van der Waals surface area contributed by atoms with Gasteiger partial charge in [-0.1, -0.05) is 11.6 Å². The maximum atomic E-state index is 12.0. The SMILES string of the molecule is O=C(CCCO[N+](=O)[O-])OC(COC(=O)c1ccc(Cl)c(S)c1)CO[N+](=O)[O-]. The van der Waals surface area contributed by atoms with Crippen LogP contribution in [0.1, 0.15) is 23.2 Å². The number of hydrogen-bond acceptors (Lipinski definition) is 11. The standard InChI is InChI=1S/C14H15ClN2O10S/c15-11-4-3-9(6-12(11)28)14(19)24-7-10(8-26-17(22)23)27-13(18)2-1-5-25-16(20)21/h3-4,6,10,28H,1-2,5,7-8H2. The third-order valence-electron chi connectivity index (χ3n) is 2.97. The summed E-state index contributed by atoms with van der Waals surface area (Å²) in [5.74, 6) is -1.63. The van der Waals surface area contributed by atoms with E-state index in [0.717, 1.165) is 0 Å². The van der Waals surface area contributed by atoms with Crippen molar-refractivity contribution in [3.05, 3.63) is 49.0 Å². The monoisotopic (exact) mass is 438 g/mol. The zero-order valence-electron chi connectivity index (χ0n) is 14.1. The van der Waals surface area contributed by atoms with Crippen LogP contribution >= 0.6 is 24.2 Å². The molecule has 1 aromatic carbocycles. The van der Waals surface area contributed by atoms with Crippen molar-refractivity contribution in [1.82, 2.24) is 0 Å². The van der Waals surface area contributed by atoms with Gasteiger partial charge in [0.15, 0.2) is 6.10 Å². The van der Waals surface area contributed by atoms with E-state index in [-0.39, 0.29) is 25.0 Å². The molecule has 0 bridgehead atoms. The fraction of sp³-hybridized carbons (Fsp3) is 0.429. The molecule has 12 nitrogen and oxygen atoms in total. The number of ether oxygens (including phenoxy) is 2. The average molecular weight is 439 g/mol. The second-order valence-corrected chi connectivity index (χ2v) is 5.95. The van der Waals surface area contributed by atoms with Gasteiger partial charge in [0.05, 0.1) is 17.2 Å². The lowest BCUT2D eigenvalue weighted by Crippen LogP contribution is -2.30. The van der Waals surface area contributed by atoms with Gasteiger partial charge in [0, 0.05) is 11.3 Å². The Bertz CT molecular complexity index is 732. The molecule has 1 atom stereocenters. The van der Waals surface area contributed by atoms with Gasteiger partial charge in [0.25, 0.3) is 10.2 Å². The van der Waals surface area contributed by atoms with Crippen LogP contribution in [0.5, 0.6) is 0 Å². The Morgan fingerprint density at radius 2 is 1.82 bits per heavy atom. The molecule has 0 N–H and O–H groups in total. The molecule has 0 aromatic heterocycles. The molecule has 0 aliphatic heterocycles. The third kappa shape index (κ3) is 9.23. The van der Waals surface area contributed by atoms with E-state index in [1.807, 2.05) is 0 Å². The van der Waals surface area contributed by atoms with Crippen LogP contribution in [0.4, 0.5) is 0 Å². The van der Waals surface area contributed by atoms with Gasteiger partial charge < -0.3 is 19.1 Å². The minimum atomic E-state index is -1.26. The van der Waals surface area contributed by atoms with Crippen molar-refractivity contribution in [1.29, 1.82) is 0 Å². The van der Waals surface area contributed by atoms with Crippen LogP contribution in [-0.4, -0.2) is 48.0 Å². The summed E-state index contributed by atoms with van der Waals surface area (Å²) in [6.45, 7) is -1.51. The highest BCUT2D eigenvalue weighted by molar-refractivity contribution is 7.80. The molecule has 0 fully saturated rings. The minimum absolute atomic E-state index is 0.0160. The van der Waals surface area contributed by atoms with E-state index in [4.69, 9.17) is 21.1 Å². The highest BCUT2D eigenvalue weighted by Crippen LogP contribution is 2.21. The number of esters is 2. The van der Waals surface area contributed by atoms with Gasteiger partial charge >= 0.3 is 11.9 Å². The number of carbonyl (C=O) groups is 2. The summed E-state index contributed by atoms with van der Waals surface area (Å²) in [6, 6.07) is 4.17. The van der Waals surface area contributed by atoms with Crippen LogP contribution in [0.2, 0.25) is 5.02 Å². The molecular weight excluding hydrogens is 424 g/mol. The zero-order chi connectivity index (χ0) is 21.1. The summed E-state index contributed by atoms with van der Waals surface area (Å²) in [4.78, 5) is 52.6. The molecule has 0 saturated heterocycles. The highest BCUT2D eigenvalue weighted by Gasteiger charge is 2.20. The number of hydrogen-bond donors (Lipinski definition) is 1. The van der Waals surface area contributed by atoms with Crippen LogP contribution in [0, 0.1) is 20.2 Å². The summed E-state index contributed by atoms with van der Waals surface area (Å²) < 4.78 is 9.90. The van der Waals surface area contributed by atoms with Crippen molar-refractivity contribution >= 4 is 36.2 Å². The quantitative estimate of drug-likeness (QED) is 0.168. The predicted octanol–water partition coefficient (Wildman–Crippen LogP) is 1.89. The Kier molecular flexibility index (Phi) is 9.81. The summed E-state index contributed by atoms with van der Waals surface area (Å²) in [5.41, 5.74) is 0.117. The van der Waals surface area contributed by atoms with Gasteiger partial charge in [-0.3, -0.25) is 4.79 Å². The van der Waals surface area contributed by atoms with E-state index in [1.165, 1.54) is 18.2 Å². The van der Waals surface area contributed by atoms with Crippen LogP contribution in [-0.2, 0) is 23.9 Å². The van der Waals surface area contributed by atoms with Gasteiger partial charge in [-0.25, -0.2) is 4.79 Å². The first-order valence-corrected chi connectivity index (χ1v) is 8.41. The molecule has 0 radical (unpaired) electrons. The molecule has 154 valence electrons. The van der Waals surface area contributed by atoms with Crippen molar-refractivity contribution < 1.29 is 38.9 Å². The second-order valence-electron chi connectivity index (χ2n) is 5.06. The lowest BCUT2D eigenvalue weighted by molar-refractivity contribution is -0.759. The highest BCUT2D eigenvalue weighted by atomic mass is 35.5. The molecule has 28 heavy (non-hydrogen) atoms. The first-order valence-electron chi connectivity index (χ1n) is 7.58. The molecule has 0 spiro atoms. The van der Waals surface area contributed by atoms with E-state index in [2.05, 4.69) is 22.3 Å². The van der Waals surface area contributed by atoms with E-state index in [9.17, 15) is 29.8 Å². The molecule has 0 saturated carbocycles. The first-order chi connectivity index (χ1) is 13.2. The molecule has 0 aliphatic carbocycles. The fourth-order valence-electron chi connectivity index (χ4n) is 1.75. The largest absolute Gasteiger partial charge is 0.458 e. The minimum Gasteiger partial charge on any atom is -0.458 e. The van der Waals surface area contributed by atoms with Gasteiger partial charge in [0.1, 0.15) is 13.2 Å². The van der Waals surface area contributed by atoms with Crippen molar-refractivity contribution in [3.63, 3.8) is 0 Å². The fourth-order valence-corrected chi connectivity index (χ4v) is 2.08. The van der Waals surface area contributed by atoms with E-state index < -0.39 is 41.4 Å². The van der Waals surface area contributed by atoms with Crippen LogP contribution in [0.25, 0.3) is 0 Å². The summed E-state index contributed by atoms with van der Waals surface area (Å²) in [6.07, 6.45) is -1.53. The molecular formula is C14H15ClN2O10S. The molecule has 0 aliphatic rings. The maximum Gasteiger partial charge on any atom is 0.338 e. The third-order valence-corrected chi connectivity index (χ3v) is 3.80. The summed E-state index contributed by atoms with van der Waals surface area (Å²) in [7, 11) is 0. The first kappa shape index (κ1) is 23.2. The van der Waals surface area contributed by atoms with Gasteiger partial charge in [0.2, 0.25) is 0 Å². The molecule has 1 unspecified atom stereocenters. The number of rotatable bonds is 12. The van der Waals surface area contributed by atoms with Crippen molar-refractivity contribution in [2.45, 2.75) is 23.8 Å². The molecule has 0 amide bonds. The van der Waals surface area contributed by atoms with Crippen molar-refractivity contribution in [2.75, 3.05) is 19.8 Å². The molecule has 0 heterocycles. The normalized spacial score (nSPS) is 11.2. The predicted molar refractivity (Wildman–Crippen MR) is 94.0 cm³/mol. The summed E-state index contributed by atoms with van der Waals surface area (Å²) in [5, 5.41) is 18.5. The van der Waals surface area contributed by atoms with Crippen molar-refractivity contribution in [2.24, 2.45) is 0 Å². The number of thiol groups is 1. The average Bonchev–Trinajstić information content (AvgIpc) is 2.62. The number of halogens is 1. The Hall–Kier alpha value is -2.80. The van der Waals surface area contributed by atoms with Gasteiger partial charge in [-0.2, -0.15) is 0 Å². The number of benzene rings is 1. The van der Waals surface area contributed by atoms with Crippen LogP contribution in [0.3, 0.4) is 0 Å². The van der Waals surface area contributed by atoms with Crippen molar-refractivity contribution in [3.8, 4) is 0 Å². The molecule has 1 rings (SSSR count). The molecule has 14 heteroatoms. The zero-order valence-corrected chi connectivity index (χ0v) is 15.8. The van der Waals surface area contributed by atoms with Gasteiger partial charge in [-0.05, 0) is 24.6 Å². The Labute approximate surface area is 168 Å². The van der Waals surface area contributed by atoms with E-state index in [1.54, 1.807) is 0 Å². The lowest BCUT2D eigenvalue weighted by Gasteiger charge is -2.17. The maximum absolute atomic E-state index is 12.0. The van der Waals surface area contributed by atoms with E-state index >= 15 is 0 Å². The Morgan fingerprint density at radius 3 is 2.43 bits per heavy atom. The molecule has 1 aromatic rings. The topological polar surface area (TPSA) is 157 Å². The lowest BCUT2D eigenvalue weighted by atomic mass is 10.2. The van der Waals surface area contributed by atoms with Gasteiger partial charge in [-0.15, -0.1) is 32.9 Å². The number of carbonyl (C=O) groups excluding carboxylic acids is 2. The Balaban J connectivity index is 2.56. The summed E-state index contributed by atoms with van der Waals surface area (Å²) >= 11 is 9.87.